The summed E-state index contributed by atoms with van der Waals surface area (Å²) in [5.41, 5.74) is 0.0446. The second-order valence-electron chi connectivity index (χ2n) is 5.27. The van der Waals surface area contributed by atoms with Crippen LogP contribution in [0.4, 0.5) is 0 Å². The molecule has 0 saturated heterocycles. The summed E-state index contributed by atoms with van der Waals surface area (Å²) in [6.45, 7) is 6.45. The van der Waals surface area contributed by atoms with E-state index in [9.17, 15) is 10.2 Å². The van der Waals surface area contributed by atoms with Crippen LogP contribution in [0.2, 0.25) is 0 Å². The molecule has 0 heterocycles. The minimum atomic E-state index is -0.208. The monoisotopic (exact) mass is 170 g/mol. The van der Waals surface area contributed by atoms with Crippen LogP contribution in [0.25, 0.3) is 0 Å². The highest BCUT2D eigenvalue weighted by Gasteiger charge is 2.64. The Labute approximate surface area is 73.6 Å². The van der Waals surface area contributed by atoms with Crippen LogP contribution in [0.3, 0.4) is 0 Å². The van der Waals surface area contributed by atoms with Crippen LogP contribution < -0.4 is 0 Å². The largest absolute Gasteiger partial charge is 0.393 e. The van der Waals surface area contributed by atoms with Crippen molar-refractivity contribution in [2.75, 3.05) is 0 Å². The third-order valence-corrected chi connectivity index (χ3v) is 4.71. The smallest absolute Gasteiger partial charge is 0.0603 e. The van der Waals surface area contributed by atoms with Gasteiger partial charge >= 0.3 is 0 Å². The van der Waals surface area contributed by atoms with Gasteiger partial charge in [-0.2, -0.15) is 0 Å². The predicted octanol–water partition coefficient (Wildman–Crippen LogP) is 1.16. The first-order valence-corrected chi connectivity index (χ1v) is 4.76. The van der Waals surface area contributed by atoms with Crippen molar-refractivity contribution < 1.29 is 10.2 Å². The molecule has 70 valence electrons. The van der Waals surface area contributed by atoms with Gasteiger partial charge in [0.25, 0.3) is 0 Å². The summed E-state index contributed by atoms with van der Waals surface area (Å²) in [4.78, 5) is 0. The van der Waals surface area contributed by atoms with E-state index in [-0.39, 0.29) is 23.0 Å². The molecule has 0 aromatic carbocycles. The molecule has 2 rings (SSSR count). The summed E-state index contributed by atoms with van der Waals surface area (Å²) in [6.07, 6.45) is 1.16. The van der Waals surface area contributed by atoms with Crippen molar-refractivity contribution in [2.45, 2.75) is 45.8 Å². The topological polar surface area (TPSA) is 40.5 Å². The van der Waals surface area contributed by atoms with E-state index in [4.69, 9.17) is 0 Å². The van der Waals surface area contributed by atoms with Crippen molar-refractivity contribution in [3.05, 3.63) is 0 Å². The van der Waals surface area contributed by atoms with Gasteiger partial charge in [-0.3, -0.25) is 0 Å². The molecule has 2 bridgehead atoms. The lowest BCUT2D eigenvalue weighted by Gasteiger charge is -2.36. The number of aliphatic hydroxyl groups excluding tert-OH is 2. The van der Waals surface area contributed by atoms with E-state index < -0.39 is 0 Å². The Bertz CT molecular complexity index is 212. The molecule has 2 saturated carbocycles. The van der Waals surface area contributed by atoms with Crippen LogP contribution in [0.1, 0.15) is 33.6 Å². The molecule has 0 aromatic rings. The fourth-order valence-electron chi connectivity index (χ4n) is 3.26. The van der Waals surface area contributed by atoms with Crippen molar-refractivity contribution in [3.63, 3.8) is 0 Å². The molecular weight excluding hydrogens is 152 g/mol. The lowest BCUT2D eigenvalue weighted by molar-refractivity contribution is -0.00727. The first-order valence-electron chi connectivity index (χ1n) is 4.76. The number of hydrogen-bond acceptors (Lipinski definition) is 2. The molecule has 2 heteroatoms. The quantitative estimate of drug-likeness (QED) is 0.573. The third kappa shape index (κ3) is 0.686. The summed E-state index contributed by atoms with van der Waals surface area (Å²) in [7, 11) is 0. The molecule has 4 atom stereocenters. The lowest BCUT2D eigenvalue weighted by Crippen LogP contribution is -2.36. The molecule has 2 fully saturated rings. The first kappa shape index (κ1) is 8.52. The Morgan fingerprint density at radius 2 is 1.75 bits per heavy atom. The van der Waals surface area contributed by atoms with E-state index in [2.05, 4.69) is 20.8 Å². The Morgan fingerprint density at radius 3 is 2.00 bits per heavy atom. The third-order valence-electron chi connectivity index (χ3n) is 4.71. The number of rotatable bonds is 0. The number of aliphatic hydroxyl groups is 2. The molecule has 2 nitrogen and oxygen atoms in total. The van der Waals surface area contributed by atoms with Crippen LogP contribution in [0, 0.1) is 16.7 Å². The van der Waals surface area contributed by atoms with E-state index in [0.717, 1.165) is 12.8 Å². The van der Waals surface area contributed by atoms with E-state index in [1.54, 1.807) is 0 Å². The van der Waals surface area contributed by atoms with Crippen molar-refractivity contribution in [1.82, 2.24) is 0 Å². The SMILES string of the molecule is CC1(C)C2C[C@@H](O)[C@@]1(C)C[C@@H]2O. The van der Waals surface area contributed by atoms with Crippen LogP contribution in [0.5, 0.6) is 0 Å². The maximum Gasteiger partial charge on any atom is 0.0603 e. The standard InChI is InChI=1S/C10H18O2/c1-9(2)6-4-8(12)10(9,3)5-7(6)11/h6-8,11-12H,4-5H2,1-3H3/t6?,7-,8+,10+/m0/s1. The van der Waals surface area contributed by atoms with Gasteiger partial charge in [0, 0.05) is 5.41 Å². The van der Waals surface area contributed by atoms with E-state index in [0.29, 0.717) is 5.92 Å². The summed E-state index contributed by atoms with van der Waals surface area (Å²) >= 11 is 0. The van der Waals surface area contributed by atoms with Gasteiger partial charge in [0.1, 0.15) is 0 Å². The molecular formula is C10H18O2. The van der Waals surface area contributed by atoms with Gasteiger partial charge in [-0.05, 0) is 24.2 Å². The average molecular weight is 170 g/mol. The van der Waals surface area contributed by atoms with Crippen LogP contribution >= 0.6 is 0 Å². The Balaban J connectivity index is 2.41. The van der Waals surface area contributed by atoms with Gasteiger partial charge in [-0.15, -0.1) is 0 Å². The Kier molecular flexibility index (Phi) is 1.45. The number of hydrogen-bond donors (Lipinski definition) is 2. The molecule has 2 N–H and O–H groups in total. The Morgan fingerprint density at radius 1 is 1.17 bits per heavy atom. The average Bonchev–Trinajstić information content (AvgIpc) is 2.18. The lowest BCUT2D eigenvalue weighted by atomic mass is 9.70. The number of fused-ring (bicyclic) bond motifs is 2. The highest BCUT2D eigenvalue weighted by molar-refractivity contribution is 5.13. The molecule has 0 spiro atoms. The van der Waals surface area contributed by atoms with Crippen LogP contribution in [-0.2, 0) is 0 Å². The Hall–Kier alpha value is -0.0800. The van der Waals surface area contributed by atoms with E-state index in [1.807, 2.05) is 0 Å². The fourth-order valence-corrected chi connectivity index (χ4v) is 3.26. The summed E-state index contributed by atoms with van der Waals surface area (Å²) in [6, 6.07) is 0. The second kappa shape index (κ2) is 2.05. The maximum absolute atomic E-state index is 9.82. The molecule has 0 amide bonds. The zero-order valence-corrected chi connectivity index (χ0v) is 8.04. The normalized spacial score (nSPS) is 56.2. The van der Waals surface area contributed by atoms with Gasteiger partial charge in [0.2, 0.25) is 0 Å². The molecule has 2 aliphatic rings. The molecule has 0 radical (unpaired) electrons. The molecule has 2 aliphatic carbocycles. The van der Waals surface area contributed by atoms with Gasteiger partial charge in [-0.1, -0.05) is 20.8 Å². The van der Waals surface area contributed by atoms with Crippen molar-refractivity contribution in [2.24, 2.45) is 16.7 Å². The second-order valence-corrected chi connectivity index (χ2v) is 5.27. The van der Waals surface area contributed by atoms with Crippen LogP contribution in [0.15, 0.2) is 0 Å². The molecule has 0 aromatic heterocycles. The van der Waals surface area contributed by atoms with Crippen molar-refractivity contribution in [3.8, 4) is 0 Å². The van der Waals surface area contributed by atoms with E-state index >= 15 is 0 Å². The minimum absolute atomic E-state index is 0.0584. The van der Waals surface area contributed by atoms with E-state index in [1.165, 1.54) is 0 Å². The molecule has 0 aliphatic heterocycles. The minimum Gasteiger partial charge on any atom is -0.393 e. The van der Waals surface area contributed by atoms with Gasteiger partial charge in [-0.25, -0.2) is 0 Å². The van der Waals surface area contributed by atoms with Crippen LogP contribution in [-0.4, -0.2) is 22.4 Å². The molecule has 12 heavy (non-hydrogen) atoms. The van der Waals surface area contributed by atoms with Crippen molar-refractivity contribution >= 4 is 0 Å². The van der Waals surface area contributed by atoms with Crippen molar-refractivity contribution in [1.29, 1.82) is 0 Å². The summed E-state index contributed by atoms with van der Waals surface area (Å²) < 4.78 is 0. The first-order chi connectivity index (χ1) is 5.39. The summed E-state index contributed by atoms with van der Waals surface area (Å²) in [5, 5.41) is 19.5. The molecule has 1 unspecified atom stereocenters. The summed E-state index contributed by atoms with van der Waals surface area (Å²) in [5.74, 6) is 0.303. The highest BCUT2D eigenvalue weighted by atomic mass is 16.3. The fraction of sp³-hybridized carbons (Fsp3) is 1.00. The maximum atomic E-state index is 9.82. The predicted molar refractivity (Wildman–Crippen MR) is 46.6 cm³/mol. The van der Waals surface area contributed by atoms with Gasteiger partial charge in [0.15, 0.2) is 0 Å². The van der Waals surface area contributed by atoms with Gasteiger partial charge < -0.3 is 10.2 Å². The van der Waals surface area contributed by atoms with Gasteiger partial charge in [0.05, 0.1) is 12.2 Å². The zero-order chi connectivity index (χ0) is 9.15. The highest BCUT2D eigenvalue weighted by Crippen LogP contribution is 2.65. The zero-order valence-electron chi connectivity index (χ0n) is 8.04.